The molecule has 2 rings (SSSR count). The lowest BCUT2D eigenvalue weighted by molar-refractivity contribution is -0.134. The summed E-state index contributed by atoms with van der Waals surface area (Å²) in [7, 11) is -7.93. The second-order valence-corrected chi connectivity index (χ2v) is 20.1. The number of esters is 1. The second kappa shape index (κ2) is 22.2. The van der Waals surface area contributed by atoms with Gasteiger partial charge in [-0.2, -0.15) is 0 Å². The molecular weight excluding hydrogens is 686 g/mol. The highest BCUT2D eigenvalue weighted by molar-refractivity contribution is 7.72. The fourth-order valence-electron chi connectivity index (χ4n) is 7.25. The molecule has 0 aromatic heterocycles. The summed E-state index contributed by atoms with van der Waals surface area (Å²) < 4.78 is 62.5. The van der Waals surface area contributed by atoms with Crippen LogP contribution in [0.2, 0.25) is 0 Å². The van der Waals surface area contributed by atoms with Gasteiger partial charge in [-0.1, -0.05) is 72.6 Å². The van der Waals surface area contributed by atoms with Crippen LogP contribution in [0.5, 0.6) is 11.5 Å². The normalized spacial score (nSPS) is 17.7. The zero-order valence-electron chi connectivity index (χ0n) is 34.0. The Morgan fingerprint density at radius 3 is 1.76 bits per heavy atom. The summed E-state index contributed by atoms with van der Waals surface area (Å²) in [5, 5.41) is -1.27. The van der Waals surface area contributed by atoms with Crippen LogP contribution in [0.15, 0.2) is 6.07 Å². The third kappa shape index (κ3) is 14.5. The molecule has 3 atom stereocenters. The lowest BCUT2D eigenvalue weighted by atomic mass is 9.85. The SMILES string of the molecule is CCOP(=O)(OCC)C(CCC(=O)Oc1c(C)cc2c(c1C)CCC(C)(CCCC(C)CCCC(C)CCCC(C)C)O2)P(=O)(OCC)OCC. The molecule has 1 aromatic rings. The number of carbonyl (C=O) groups excluding carboxylic acids is 1. The number of fused-ring (bicyclic) bond motifs is 1. The van der Waals surface area contributed by atoms with Gasteiger partial charge in [-0.05, 0) is 116 Å². The first-order valence-corrected chi connectivity index (χ1v) is 23.1. The highest BCUT2D eigenvalue weighted by Crippen LogP contribution is 2.71. The fraction of sp³-hybridized carbons (Fsp3) is 0.825. The first-order chi connectivity index (χ1) is 24.1. The Labute approximate surface area is 311 Å². The quantitative estimate of drug-likeness (QED) is 0.0518. The zero-order valence-corrected chi connectivity index (χ0v) is 35.8. The van der Waals surface area contributed by atoms with Gasteiger partial charge >= 0.3 is 21.2 Å². The number of rotatable bonds is 26. The average molecular weight is 759 g/mol. The minimum atomic E-state index is -3.96. The highest BCUT2D eigenvalue weighted by atomic mass is 31.2. The number of ether oxygens (including phenoxy) is 2. The molecular formula is C40H72O9P2. The van der Waals surface area contributed by atoms with E-state index in [9.17, 15) is 13.9 Å². The van der Waals surface area contributed by atoms with Crippen molar-refractivity contribution < 1.29 is 41.5 Å². The Morgan fingerprint density at radius 2 is 1.27 bits per heavy atom. The number of aryl methyl sites for hydroxylation is 1. The maximum atomic E-state index is 13.9. The summed E-state index contributed by atoms with van der Waals surface area (Å²) in [6, 6.07) is 1.98. The first kappa shape index (κ1) is 45.9. The molecule has 0 bridgehead atoms. The van der Waals surface area contributed by atoms with E-state index >= 15 is 0 Å². The van der Waals surface area contributed by atoms with Gasteiger partial charge in [0.2, 0.25) is 0 Å². The molecule has 51 heavy (non-hydrogen) atoms. The fourth-order valence-corrected chi connectivity index (χ4v) is 12.6. The van der Waals surface area contributed by atoms with Gasteiger partial charge in [0.25, 0.3) is 0 Å². The van der Waals surface area contributed by atoms with Crippen molar-refractivity contribution in [2.75, 3.05) is 26.4 Å². The Bertz CT molecular complexity index is 1250. The van der Waals surface area contributed by atoms with E-state index in [0.29, 0.717) is 5.75 Å². The summed E-state index contributed by atoms with van der Waals surface area (Å²) in [5.74, 6) is 3.18. The molecule has 11 heteroatoms. The predicted molar refractivity (Wildman–Crippen MR) is 208 cm³/mol. The maximum Gasteiger partial charge on any atom is 0.345 e. The Morgan fingerprint density at radius 1 is 0.784 bits per heavy atom. The van der Waals surface area contributed by atoms with E-state index in [1.54, 1.807) is 27.7 Å². The van der Waals surface area contributed by atoms with Crippen LogP contribution in [-0.4, -0.2) is 43.4 Å². The molecule has 0 spiro atoms. The van der Waals surface area contributed by atoms with Crippen molar-refractivity contribution in [3.63, 3.8) is 0 Å². The Hall–Kier alpha value is -1.21. The van der Waals surface area contributed by atoms with Crippen molar-refractivity contribution in [3.8, 4) is 11.5 Å². The minimum Gasteiger partial charge on any atom is -0.487 e. The standard InChI is InChI=1S/C40H72O9P2/c1-12-44-50(42,45-13-2)38(51(43,46-14-3)47-15-4)25-24-37(41)48-39-33(9)29-36-35(34(39)10)26-28-40(11,49-36)27-18-23-32(8)22-17-21-31(7)20-16-19-30(5)6/h29-32,38H,12-28H2,1-11H3. The third-order valence-corrected chi connectivity index (χ3v) is 16.3. The maximum absolute atomic E-state index is 13.9. The van der Waals surface area contributed by atoms with Crippen LogP contribution in [0, 0.1) is 31.6 Å². The number of hydrogen-bond acceptors (Lipinski definition) is 9. The third-order valence-electron chi connectivity index (χ3n) is 10.1. The average Bonchev–Trinajstić information content (AvgIpc) is 3.03. The largest absolute Gasteiger partial charge is 0.487 e. The second-order valence-electron chi connectivity index (χ2n) is 15.3. The van der Waals surface area contributed by atoms with Crippen LogP contribution >= 0.6 is 15.2 Å². The molecule has 9 nitrogen and oxygen atoms in total. The van der Waals surface area contributed by atoms with Gasteiger partial charge in [0.1, 0.15) is 17.1 Å². The van der Waals surface area contributed by atoms with Gasteiger partial charge in [-0.25, -0.2) is 0 Å². The van der Waals surface area contributed by atoms with Crippen molar-refractivity contribution in [2.24, 2.45) is 17.8 Å². The molecule has 0 fully saturated rings. The first-order valence-electron chi connectivity index (χ1n) is 19.9. The van der Waals surface area contributed by atoms with Crippen molar-refractivity contribution >= 4 is 21.2 Å². The van der Waals surface area contributed by atoms with Gasteiger partial charge < -0.3 is 27.6 Å². The molecule has 0 radical (unpaired) electrons. The van der Waals surface area contributed by atoms with E-state index in [4.69, 9.17) is 27.6 Å². The van der Waals surface area contributed by atoms with Gasteiger partial charge in [0.15, 0.2) is 5.40 Å². The van der Waals surface area contributed by atoms with Crippen LogP contribution in [0.25, 0.3) is 0 Å². The zero-order chi connectivity index (χ0) is 38.2. The predicted octanol–water partition coefficient (Wildman–Crippen LogP) is 12.4. The molecule has 0 saturated carbocycles. The molecule has 296 valence electrons. The van der Waals surface area contributed by atoms with Crippen LogP contribution in [0.1, 0.15) is 156 Å². The molecule has 1 heterocycles. The van der Waals surface area contributed by atoms with E-state index in [-0.39, 0.29) is 44.9 Å². The van der Waals surface area contributed by atoms with Gasteiger partial charge in [-0.3, -0.25) is 13.9 Å². The Balaban J connectivity index is 2.02. The molecule has 0 aliphatic carbocycles. The molecule has 1 aliphatic heterocycles. The smallest absolute Gasteiger partial charge is 0.345 e. The van der Waals surface area contributed by atoms with Crippen molar-refractivity contribution in [1.82, 2.24) is 0 Å². The van der Waals surface area contributed by atoms with Crippen LogP contribution in [-0.2, 0) is 38.4 Å². The van der Waals surface area contributed by atoms with E-state index < -0.39 is 26.6 Å². The number of benzene rings is 1. The molecule has 0 amide bonds. The molecule has 0 N–H and O–H groups in total. The van der Waals surface area contributed by atoms with Crippen molar-refractivity contribution in [3.05, 3.63) is 22.8 Å². The van der Waals surface area contributed by atoms with E-state index in [0.717, 1.165) is 65.9 Å². The molecule has 3 unspecified atom stereocenters. The summed E-state index contributed by atoms with van der Waals surface area (Å²) >= 11 is 0. The summed E-state index contributed by atoms with van der Waals surface area (Å²) in [5.41, 5.74) is 2.51. The summed E-state index contributed by atoms with van der Waals surface area (Å²) in [6.45, 7) is 22.5. The number of carbonyl (C=O) groups is 1. The lowest BCUT2D eigenvalue weighted by Gasteiger charge is -2.37. The lowest BCUT2D eigenvalue weighted by Crippen LogP contribution is -2.36. The molecule has 1 aliphatic rings. The van der Waals surface area contributed by atoms with E-state index in [1.807, 2.05) is 19.9 Å². The van der Waals surface area contributed by atoms with Crippen molar-refractivity contribution in [2.45, 2.75) is 171 Å². The van der Waals surface area contributed by atoms with Crippen LogP contribution in [0.4, 0.5) is 0 Å². The minimum absolute atomic E-state index is 0.0719. The van der Waals surface area contributed by atoms with E-state index in [1.165, 1.54) is 44.9 Å². The summed E-state index contributed by atoms with van der Waals surface area (Å²) in [6.07, 6.45) is 12.8. The Kier molecular flexibility index (Phi) is 20.0. The molecule has 1 aromatic carbocycles. The van der Waals surface area contributed by atoms with Gasteiger partial charge in [0.05, 0.1) is 26.4 Å². The summed E-state index contributed by atoms with van der Waals surface area (Å²) in [4.78, 5) is 13.3. The van der Waals surface area contributed by atoms with Gasteiger partial charge in [-0.15, -0.1) is 0 Å². The van der Waals surface area contributed by atoms with Gasteiger partial charge in [0, 0.05) is 12.0 Å². The van der Waals surface area contributed by atoms with Crippen molar-refractivity contribution in [1.29, 1.82) is 0 Å². The van der Waals surface area contributed by atoms with Crippen LogP contribution in [0.3, 0.4) is 0 Å². The van der Waals surface area contributed by atoms with Crippen LogP contribution < -0.4 is 9.47 Å². The topological polar surface area (TPSA) is 107 Å². The monoisotopic (exact) mass is 758 g/mol. The highest BCUT2D eigenvalue weighted by Gasteiger charge is 2.50. The number of hydrogen-bond donors (Lipinski definition) is 0. The molecule has 0 saturated heterocycles. The van der Waals surface area contributed by atoms with E-state index in [2.05, 4.69) is 34.6 Å².